The molecular weight excluding hydrogens is 989 g/mol. The van der Waals surface area contributed by atoms with Crippen LogP contribution >= 0.6 is 0 Å². The monoisotopic (exact) mass is 1080 g/mol. The maximum absolute atomic E-state index is 12.9. The smallest absolute Gasteiger partial charge is 0.187 e. The van der Waals surface area contributed by atoms with Gasteiger partial charge in [-0.1, -0.05) is 46.3 Å². The van der Waals surface area contributed by atoms with E-state index in [4.69, 9.17) is 37.9 Å². The highest BCUT2D eigenvalue weighted by atomic mass is 16.8. The van der Waals surface area contributed by atoms with Crippen molar-refractivity contribution in [2.75, 3.05) is 26.4 Å². The Kier molecular flexibility index (Phi) is 18.1. The average molecular weight is 1080 g/mol. The first kappa shape index (κ1) is 60.0. The zero-order valence-electron chi connectivity index (χ0n) is 44.7. The minimum Gasteiger partial charge on any atom is -0.394 e. The Hall–Kier alpha value is -1.14. The lowest BCUT2D eigenvalue weighted by molar-refractivity contribution is -0.379. The second kappa shape index (κ2) is 22.7. The molecule has 4 saturated heterocycles. The third kappa shape index (κ3) is 10.5. The number of aliphatic hydroxyl groups excluding tert-OH is 14. The minimum absolute atomic E-state index is 0.0398. The Morgan fingerprint density at radius 1 is 0.560 bits per heavy atom. The third-order valence-corrected chi connectivity index (χ3v) is 20.5. The molecule has 0 bridgehead atoms. The highest BCUT2D eigenvalue weighted by Gasteiger charge is 2.72. The van der Waals surface area contributed by atoms with Crippen molar-refractivity contribution in [3.8, 4) is 0 Å². The van der Waals surface area contributed by atoms with Crippen LogP contribution in [0.15, 0.2) is 11.6 Å². The van der Waals surface area contributed by atoms with Gasteiger partial charge < -0.3 is 109 Å². The fourth-order valence-corrected chi connectivity index (χ4v) is 16.1. The van der Waals surface area contributed by atoms with Crippen molar-refractivity contribution in [1.82, 2.24) is 0 Å². The molecule has 434 valence electrons. The molecule has 8 fully saturated rings. The first-order valence-corrected chi connectivity index (χ1v) is 27.3. The summed E-state index contributed by atoms with van der Waals surface area (Å²) in [7, 11) is 0. The van der Waals surface area contributed by atoms with E-state index in [0.717, 1.165) is 24.8 Å². The van der Waals surface area contributed by atoms with Gasteiger partial charge >= 0.3 is 0 Å². The Labute approximate surface area is 439 Å². The van der Waals surface area contributed by atoms with Crippen molar-refractivity contribution in [3.05, 3.63) is 11.6 Å². The van der Waals surface area contributed by atoms with E-state index in [2.05, 4.69) is 40.7 Å². The van der Waals surface area contributed by atoms with E-state index in [1.165, 1.54) is 0 Å². The Bertz CT molecular complexity index is 1940. The normalized spacial score (nSPS) is 52.7. The van der Waals surface area contributed by atoms with E-state index >= 15 is 0 Å². The third-order valence-electron chi connectivity index (χ3n) is 20.5. The van der Waals surface area contributed by atoms with Crippen LogP contribution in [0.3, 0.4) is 0 Å². The summed E-state index contributed by atoms with van der Waals surface area (Å²) >= 11 is 0. The van der Waals surface area contributed by atoms with Gasteiger partial charge in [-0.3, -0.25) is 0 Å². The molecule has 14 N–H and O–H groups in total. The van der Waals surface area contributed by atoms with E-state index in [9.17, 15) is 71.5 Å². The molecule has 0 aromatic rings. The van der Waals surface area contributed by atoms with Crippen LogP contribution in [0, 0.1) is 45.3 Å². The molecule has 4 aliphatic carbocycles. The van der Waals surface area contributed by atoms with E-state index in [1.54, 1.807) is 0 Å². The van der Waals surface area contributed by atoms with Crippen molar-refractivity contribution >= 4 is 0 Å². The van der Waals surface area contributed by atoms with Gasteiger partial charge in [0.05, 0.1) is 44.2 Å². The van der Waals surface area contributed by atoms with Crippen LogP contribution in [-0.4, -0.2) is 232 Å². The minimum atomic E-state index is -1.81. The molecule has 8 aliphatic rings. The van der Waals surface area contributed by atoms with Crippen LogP contribution in [-0.2, 0) is 37.9 Å². The van der Waals surface area contributed by atoms with Crippen LogP contribution in [0.25, 0.3) is 0 Å². The lowest BCUT2D eigenvalue weighted by Gasteiger charge is -2.71. The molecule has 4 aliphatic heterocycles. The quantitative estimate of drug-likeness (QED) is 0.0651. The van der Waals surface area contributed by atoms with Crippen LogP contribution in [0.4, 0.5) is 0 Å². The molecule has 8 rings (SSSR count). The Balaban J connectivity index is 1.04. The average Bonchev–Trinajstić information content (AvgIpc) is 3.75. The summed E-state index contributed by atoms with van der Waals surface area (Å²) in [6.07, 6.45) is -23.0. The van der Waals surface area contributed by atoms with Gasteiger partial charge in [0, 0.05) is 0 Å². The number of hydrogen-bond acceptors (Lipinski definition) is 22. The van der Waals surface area contributed by atoms with E-state index in [0.29, 0.717) is 38.5 Å². The molecule has 0 radical (unpaired) electrons. The topological polar surface area (TPSA) is 357 Å². The maximum atomic E-state index is 12.9. The molecule has 0 aromatic carbocycles. The molecule has 0 unspecified atom stereocenters. The molecule has 0 aromatic heterocycles. The van der Waals surface area contributed by atoms with Gasteiger partial charge in [-0.05, 0) is 124 Å². The number of rotatable bonds is 15. The summed E-state index contributed by atoms with van der Waals surface area (Å²) < 4.78 is 49.5. The first-order chi connectivity index (χ1) is 35.1. The summed E-state index contributed by atoms with van der Waals surface area (Å²) in [6.45, 7) is 14.8. The lowest BCUT2D eigenvalue weighted by Crippen LogP contribution is -2.68. The molecule has 22 heteroatoms. The van der Waals surface area contributed by atoms with Gasteiger partial charge in [-0.2, -0.15) is 0 Å². The SMILES string of the molecule is CC(C)=CCC[C@](C)(O[C@@H]1O[C@H](CO)[C@@H](O)[C@H](O)[C@H]1O[C@@H]1OC[C@H](O)[C@H](O)[C@H]1O)[C@H]1CC[C@]2(C)[C@@H]1[C@H](O)C[C@@H]1[C@@]3(C)CC[C@H](O[C@@H]4O[C@H](CO)[C@@H](O)[C@H](O)[C@H]4O[C@@H]4O[C@H](CO)[C@@H](O)[C@H](O)[C@H]4O)C(C)(C)[C@@H]3CC[C@]12C. The highest BCUT2D eigenvalue weighted by Crippen LogP contribution is 2.76. The largest absolute Gasteiger partial charge is 0.394 e. The molecule has 4 heterocycles. The molecule has 75 heavy (non-hydrogen) atoms. The zero-order chi connectivity index (χ0) is 55.1. The zero-order valence-corrected chi connectivity index (χ0v) is 44.7. The second-order valence-corrected chi connectivity index (χ2v) is 25.3. The lowest BCUT2D eigenvalue weighted by atomic mass is 9.35. The molecule has 0 amide bonds. The summed E-state index contributed by atoms with van der Waals surface area (Å²) in [6, 6.07) is 0. The van der Waals surface area contributed by atoms with Gasteiger partial charge in [0.25, 0.3) is 0 Å². The van der Waals surface area contributed by atoms with Crippen LogP contribution in [0.2, 0.25) is 0 Å². The predicted octanol–water partition coefficient (Wildman–Crippen LogP) is -1.56. The van der Waals surface area contributed by atoms with E-state index in [1.807, 2.05) is 20.8 Å². The van der Waals surface area contributed by atoms with Crippen molar-refractivity contribution < 1.29 is 109 Å². The van der Waals surface area contributed by atoms with Crippen LogP contribution in [0.1, 0.15) is 113 Å². The molecule has 4 saturated carbocycles. The standard InChI is InChI=1S/C53H90O22/c1-23(2)10-9-14-53(8,75-48-44(40(65)37(62)29(21-56)71-48)73-45-41(66)34(59)26(58)22-68-45)24-11-16-52(7)33(24)25(57)18-31-50(5)15-13-32(49(3,4)30(50)12-17-51(31,52)6)72-47-43(39(64)36(61)28(20-55)70-47)74-46-42(67)38(63)35(60)27(19-54)69-46/h10,24-48,54-67H,9,11-22H2,1-8H3/t24-,25+,26-,27+,28+,29+,30-,31+,32-,33-,34-,35+,36+,37+,38-,39-,40-,41+,42+,43+,44+,45-,46-,47-,48-,50-,51+,52+,53-/m0/s1. The van der Waals surface area contributed by atoms with Gasteiger partial charge in [-0.25, -0.2) is 0 Å². The van der Waals surface area contributed by atoms with Crippen molar-refractivity contribution in [1.29, 1.82) is 0 Å². The van der Waals surface area contributed by atoms with Crippen LogP contribution < -0.4 is 0 Å². The molecular formula is C53H90O22. The maximum Gasteiger partial charge on any atom is 0.187 e. The Morgan fingerprint density at radius 3 is 1.69 bits per heavy atom. The predicted molar refractivity (Wildman–Crippen MR) is 260 cm³/mol. The summed E-state index contributed by atoms with van der Waals surface area (Å²) in [4.78, 5) is 0. The van der Waals surface area contributed by atoms with Gasteiger partial charge in [0.1, 0.15) is 91.6 Å². The number of fused-ring (bicyclic) bond motifs is 5. The van der Waals surface area contributed by atoms with Crippen LogP contribution in [0.5, 0.6) is 0 Å². The van der Waals surface area contributed by atoms with Gasteiger partial charge in [0.15, 0.2) is 25.2 Å². The number of allylic oxidation sites excluding steroid dienone is 2. The van der Waals surface area contributed by atoms with Gasteiger partial charge in [0.2, 0.25) is 0 Å². The molecule has 0 spiro atoms. The van der Waals surface area contributed by atoms with E-state index in [-0.39, 0.29) is 41.1 Å². The van der Waals surface area contributed by atoms with Crippen molar-refractivity contribution in [3.63, 3.8) is 0 Å². The number of aliphatic hydroxyl groups is 14. The number of ether oxygens (including phenoxy) is 8. The van der Waals surface area contributed by atoms with Crippen molar-refractivity contribution in [2.45, 2.75) is 248 Å². The fraction of sp³-hybridized carbons (Fsp3) is 0.962. The summed E-state index contributed by atoms with van der Waals surface area (Å²) in [5, 5.41) is 152. The highest BCUT2D eigenvalue weighted by molar-refractivity contribution is 5.20. The Morgan fingerprint density at radius 2 is 1.09 bits per heavy atom. The second-order valence-electron chi connectivity index (χ2n) is 25.3. The molecule has 22 nitrogen and oxygen atoms in total. The summed E-state index contributed by atoms with van der Waals surface area (Å²) in [5.41, 5.74) is -1.58. The summed E-state index contributed by atoms with van der Waals surface area (Å²) in [5.74, 6) is -0.468. The number of hydrogen-bond donors (Lipinski definition) is 14. The van der Waals surface area contributed by atoms with Gasteiger partial charge in [-0.15, -0.1) is 0 Å². The molecule has 29 atom stereocenters. The first-order valence-electron chi connectivity index (χ1n) is 27.3. The van der Waals surface area contributed by atoms with E-state index < -0.39 is 165 Å². The fourth-order valence-electron chi connectivity index (χ4n) is 16.1. The van der Waals surface area contributed by atoms with Crippen molar-refractivity contribution in [2.24, 2.45) is 45.3 Å².